The van der Waals surface area contributed by atoms with Gasteiger partial charge in [-0.15, -0.1) is 0 Å². The van der Waals surface area contributed by atoms with E-state index in [9.17, 15) is 19.5 Å². The predicted molar refractivity (Wildman–Crippen MR) is 136 cm³/mol. The van der Waals surface area contributed by atoms with Crippen molar-refractivity contribution in [2.24, 2.45) is 34.5 Å². The van der Waals surface area contributed by atoms with Crippen molar-refractivity contribution in [3.05, 3.63) is 0 Å². The predicted octanol–water partition coefficient (Wildman–Crippen LogP) is 3.12. The van der Waals surface area contributed by atoms with Gasteiger partial charge in [-0.2, -0.15) is 0 Å². The number of epoxide rings is 1. The second-order valence-corrected chi connectivity index (χ2v) is 12.9. The van der Waals surface area contributed by atoms with Gasteiger partial charge in [0.2, 0.25) is 0 Å². The van der Waals surface area contributed by atoms with Gasteiger partial charge in [0.15, 0.2) is 12.6 Å². The van der Waals surface area contributed by atoms with Gasteiger partial charge in [-0.05, 0) is 37.5 Å². The van der Waals surface area contributed by atoms with E-state index in [-0.39, 0.29) is 42.4 Å². The summed E-state index contributed by atoms with van der Waals surface area (Å²) in [6.45, 7) is 11.4. The number of rotatable bonds is 7. The third kappa shape index (κ3) is 4.69. The highest BCUT2D eigenvalue weighted by atomic mass is 16.7. The molecule has 0 aromatic carbocycles. The lowest BCUT2D eigenvalue weighted by atomic mass is 9.42. The molecule has 0 bridgehead atoms. The number of ether oxygens (including phenoxy) is 6. The molecule has 0 amide bonds. The first-order valence-corrected chi connectivity index (χ1v) is 14.5. The lowest BCUT2D eigenvalue weighted by Crippen LogP contribution is -2.70. The summed E-state index contributed by atoms with van der Waals surface area (Å²) < 4.78 is 36.4. The number of aliphatic hydroxyl groups excluding tert-OH is 1. The molecular weight excluding hydrogens is 508 g/mol. The molecule has 1 spiro atoms. The fourth-order valence-electron chi connectivity index (χ4n) is 8.27. The summed E-state index contributed by atoms with van der Waals surface area (Å²) >= 11 is 0. The van der Waals surface area contributed by atoms with Gasteiger partial charge in [-0.25, -0.2) is 0 Å². The molecule has 12 atom stereocenters. The van der Waals surface area contributed by atoms with Crippen LogP contribution in [0.25, 0.3) is 0 Å². The van der Waals surface area contributed by atoms with Crippen LogP contribution in [0.5, 0.6) is 0 Å². The van der Waals surface area contributed by atoms with Gasteiger partial charge in [-0.1, -0.05) is 27.7 Å². The van der Waals surface area contributed by atoms with Crippen LogP contribution in [0.2, 0.25) is 0 Å². The van der Waals surface area contributed by atoms with Crippen molar-refractivity contribution in [3.63, 3.8) is 0 Å². The van der Waals surface area contributed by atoms with Crippen molar-refractivity contribution in [2.45, 2.75) is 117 Å². The Hall–Kier alpha value is -1.75. The van der Waals surface area contributed by atoms with Crippen LogP contribution in [-0.4, -0.2) is 72.7 Å². The van der Waals surface area contributed by atoms with E-state index in [1.807, 2.05) is 13.8 Å². The number of esters is 3. The molecule has 10 nitrogen and oxygen atoms in total. The minimum Gasteiger partial charge on any atom is -0.465 e. The lowest BCUT2D eigenvalue weighted by molar-refractivity contribution is -0.271. The number of hydrogen-bond donors (Lipinski definition) is 1. The molecule has 5 rings (SSSR count). The van der Waals surface area contributed by atoms with Crippen LogP contribution < -0.4 is 0 Å². The molecule has 10 heteroatoms. The van der Waals surface area contributed by atoms with Gasteiger partial charge >= 0.3 is 17.9 Å². The first kappa shape index (κ1) is 28.8. The second-order valence-electron chi connectivity index (χ2n) is 12.9. The van der Waals surface area contributed by atoms with Gasteiger partial charge in [0, 0.05) is 38.0 Å². The van der Waals surface area contributed by atoms with Crippen LogP contribution >= 0.6 is 0 Å². The normalized spacial score (nSPS) is 47.2. The molecule has 220 valence electrons. The number of fused-ring (bicyclic) bond motifs is 3. The topological polar surface area (TPSA) is 130 Å². The summed E-state index contributed by atoms with van der Waals surface area (Å²) in [5.74, 6) is -1.37. The summed E-state index contributed by atoms with van der Waals surface area (Å²) in [5, 5.41) is 10.0. The van der Waals surface area contributed by atoms with Crippen molar-refractivity contribution in [1.29, 1.82) is 0 Å². The van der Waals surface area contributed by atoms with Crippen LogP contribution in [0, 0.1) is 34.5 Å². The van der Waals surface area contributed by atoms with Crippen LogP contribution in [0.1, 0.15) is 80.1 Å². The Bertz CT molecular complexity index is 965. The highest BCUT2D eigenvalue weighted by Gasteiger charge is 2.78. The van der Waals surface area contributed by atoms with E-state index in [2.05, 4.69) is 13.8 Å². The van der Waals surface area contributed by atoms with E-state index >= 15 is 0 Å². The third-order valence-corrected chi connectivity index (χ3v) is 10.8. The van der Waals surface area contributed by atoms with E-state index in [0.717, 1.165) is 0 Å². The van der Waals surface area contributed by atoms with Crippen molar-refractivity contribution in [2.75, 3.05) is 13.2 Å². The summed E-state index contributed by atoms with van der Waals surface area (Å²) in [4.78, 5) is 37.5. The van der Waals surface area contributed by atoms with Gasteiger partial charge in [0.25, 0.3) is 0 Å². The van der Waals surface area contributed by atoms with Crippen LogP contribution in [-0.2, 0) is 42.8 Å². The standard InChI is InChI=1S/C29H44O10/c1-7-15(2)25(33)37-20-11-21-27(6,22-9-19-10-24(32)39-26(19)38-22)16(3)8-23(36-18(5)31)29(21,14-34-17(4)30)28(12-20)13-35-28/h15-16,19-24,26,32H,7-14H2,1-6H3/t15?,16-,19+,20+,21-,22+,23+,24?,26-,27+,28+,29+/m1/s1. The first-order valence-electron chi connectivity index (χ1n) is 14.5. The van der Waals surface area contributed by atoms with Gasteiger partial charge in [0.05, 0.1) is 24.0 Å². The average Bonchev–Trinajstić information content (AvgIpc) is 3.38. The summed E-state index contributed by atoms with van der Waals surface area (Å²) in [6.07, 6.45) is 0.964. The van der Waals surface area contributed by atoms with Crippen molar-refractivity contribution in [3.8, 4) is 0 Å². The summed E-state index contributed by atoms with van der Waals surface area (Å²) in [6, 6.07) is 0. The van der Waals surface area contributed by atoms with E-state index in [1.165, 1.54) is 13.8 Å². The molecule has 1 N–H and O–H groups in total. The fourth-order valence-corrected chi connectivity index (χ4v) is 8.27. The first-order chi connectivity index (χ1) is 18.4. The average molecular weight is 553 g/mol. The molecule has 3 heterocycles. The van der Waals surface area contributed by atoms with E-state index in [0.29, 0.717) is 45.1 Å². The maximum Gasteiger partial charge on any atom is 0.308 e. The third-order valence-electron chi connectivity index (χ3n) is 10.8. The molecule has 2 unspecified atom stereocenters. The quantitative estimate of drug-likeness (QED) is 0.286. The Morgan fingerprint density at radius 1 is 1.05 bits per heavy atom. The van der Waals surface area contributed by atoms with Crippen molar-refractivity contribution >= 4 is 17.9 Å². The molecule has 0 aromatic rings. The number of carbonyl (C=O) groups excluding carboxylic acids is 3. The van der Waals surface area contributed by atoms with Crippen LogP contribution in [0.3, 0.4) is 0 Å². The maximum atomic E-state index is 12.9. The zero-order chi connectivity index (χ0) is 28.3. The van der Waals surface area contributed by atoms with E-state index < -0.39 is 53.2 Å². The van der Waals surface area contributed by atoms with E-state index in [4.69, 9.17) is 28.4 Å². The van der Waals surface area contributed by atoms with Crippen LogP contribution in [0.15, 0.2) is 0 Å². The van der Waals surface area contributed by atoms with Crippen molar-refractivity contribution in [1.82, 2.24) is 0 Å². The Kier molecular flexibility index (Phi) is 7.57. The SMILES string of the molecule is CCC(C)C(=O)O[C@H]1C[C@@H]2[C@@](C)([C@@H]3C[C@H]4CC(O)O[C@H]4O3)[C@H](C)C[C@H](OC(C)=O)[C@@]2(COC(C)=O)[C@@]2(CO2)C1. The number of carbonyl (C=O) groups is 3. The monoisotopic (exact) mass is 552 g/mol. The van der Waals surface area contributed by atoms with E-state index in [1.54, 1.807) is 0 Å². The number of aliphatic hydroxyl groups is 1. The zero-order valence-electron chi connectivity index (χ0n) is 24.0. The minimum absolute atomic E-state index is 0.0358. The van der Waals surface area contributed by atoms with Gasteiger partial charge < -0.3 is 33.5 Å². The Labute approximate surface area is 230 Å². The Balaban J connectivity index is 1.57. The molecule has 0 radical (unpaired) electrons. The minimum atomic E-state index is -0.841. The molecule has 5 fully saturated rings. The molecule has 3 saturated heterocycles. The highest BCUT2D eigenvalue weighted by Crippen LogP contribution is 2.70. The second kappa shape index (κ2) is 10.3. The zero-order valence-corrected chi connectivity index (χ0v) is 24.0. The summed E-state index contributed by atoms with van der Waals surface area (Å²) in [7, 11) is 0. The smallest absolute Gasteiger partial charge is 0.308 e. The maximum absolute atomic E-state index is 12.9. The van der Waals surface area contributed by atoms with Crippen molar-refractivity contribution < 1.29 is 47.9 Å². The molecular formula is C29H44O10. The van der Waals surface area contributed by atoms with Gasteiger partial charge in [-0.3, -0.25) is 14.4 Å². The molecule has 0 aromatic heterocycles. The molecule has 3 aliphatic heterocycles. The molecule has 2 saturated carbocycles. The Morgan fingerprint density at radius 2 is 1.77 bits per heavy atom. The molecule has 2 aliphatic carbocycles. The largest absolute Gasteiger partial charge is 0.465 e. The fraction of sp³-hybridized carbons (Fsp3) is 0.897. The molecule has 39 heavy (non-hydrogen) atoms. The highest BCUT2D eigenvalue weighted by molar-refractivity contribution is 5.72. The lowest BCUT2D eigenvalue weighted by Gasteiger charge is -2.64. The van der Waals surface area contributed by atoms with Gasteiger partial charge in [0.1, 0.15) is 24.4 Å². The summed E-state index contributed by atoms with van der Waals surface area (Å²) in [5.41, 5.74) is -2.09. The van der Waals surface area contributed by atoms with Crippen LogP contribution in [0.4, 0.5) is 0 Å². The number of hydrogen-bond acceptors (Lipinski definition) is 10. The Morgan fingerprint density at radius 3 is 2.36 bits per heavy atom. The molecule has 5 aliphatic rings.